The highest BCUT2D eigenvalue weighted by molar-refractivity contribution is 5.85. The molecule has 1 aromatic carbocycles. The van der Waals surface area contributed by atoms with Gasteiger partial charge in [0.25, 0.3) is 0 Å². The Morgan fingerprint density at radius 2 is 1.96 bits per heavy atom. The number of hydrogen-bond acceptors (Lipinski definition) is 3. The van der Waals surface area contributed by atoms with E-state index in [0.29, 0.717) is 11.4 Å². The van der Waals surface area contributed by atoms with Crippen LogP contribution in [0.2, 0.25) is 0 Å². The number of halogens is 4. The number of hydrogen-bond donors (Lipinski definition) is 2. The van der Waals surface area contributed by atoms with Crippen LogP contribution in [0, 0.1) is 13.8 Å². The van der Waals surface area contributed by atoms with E-state index in [0.717, 1.165) is 11.8 Å². The predicted octanol–water partition coefficient (Wildman–Crippen LogP) is 2.89. The maximum atomic E-state index is 13.4. The maximum absolute atomic E-state index is 13.4. The largest absolute Gasteiger partial charge is 0.416 e. The van der Waals surface area contributed by atoms with Gasteiger partial charge in [0.2, 0.25) is 5.91 Å². The second-order valence-electron chi connectivity index (χ2n) is 5.68. The summed E-state index contributed by atoms with van der Waals surface area (Å²) >= 11 is 0. The number of rotatable bonds is 4. The molecule has 0 spiro atoms. The van der Waals surface area contributed by atoms with Gasteiger partial charge in [0, 0.05) is 12.2 Å². The third kappa shape index (κ3) is 4.96. The summed E-state index contributed by atoms with van der Waals surface area (Å²) in [6.07, 6.45) is -4.54. The number of alkyl halides is 3. The van der Waals surface area contributed by atoms with Gasteiger partial charge in [-0.2, -0.15) is 18.3 Å². The van der Waals surface area contributed by atoms with Crippen LogP contribution in [0.1, 0.15) is 29.4 Å². The number of nitrogens with zero attached hydrogens (tertiary/aromatic N) is 2. The van der Waals surface area contributed by atoms with Gasteiger partial charge in [0.05, 0.1) is 23.0 Å². The first-order chi connectivity index (χ1) is 11.1. The van der Waals surface area contributed by atoms with Crippen LogP contribution in [0.15, 0.2) is 24.3 Å². The fraction of sp³-hybridized carbons (Fsp3) is 0.375. The molecule has 0 aliphatic rings. The summed E-state index contributed by atoms with van der Waals surface area (Å²) in [5.41, 5.74) is 6.33. The average Bonchev–Trinajstić information content (AvgIpc) is 2.82. The molecular formula is C16H20ClF3N4O. The lowest BCUT2D eigenvalue weighted by molar-refractivity contribution is -0.138. The van der Waals surface area contributed by atoms with Gasteiger partial charge in [-0.3, -0.25) is 4.79 Å². The predicted molar refractivity (Wildman–Crippen MR) is 90.8 cm³/mol. The Morgan fingerprint density at radius 3 is 2.44 bits per heavy atom. The van der Waals surface area contributed by atoms with Crippen LogP contribution < -0.4 is 11.1 Å². The van der Waals surface area contributed by atoms with Crippen molar-refractivity contribution in [3.8, 4) is 5.69 Å². The first kappa shape index (κ1) is 21.0. The molecule has 0 aliphatic carbocycles. The summed E-state index contributed by atoms with van der Waals surface area (Å²) in [6, 6.07) is 4.92. The highest BCUT2D eigenvalue weighted by Gasteiger charge is 2.34. The fourth-order valence-electron chi connectivity index (χ4n) is 2.35. The molecule has 0 saturated heterocycles. The van der Waals surface area contributed by atoms with Gasteiger partial charge in [-0.05, 0) is 44.5 Å². The van der Waals surface area contributed by atoms with Crippen LogP contribution in [-0.4, -0.2) is 21.7 Å². The molecule has 3 N–H and O–H groups in total. The van der Waals surface area contributed by atoms with Crippen molar-refractivity contribution >= 4 is 18.3 Å². The zero-order chi connectivity index (χ0) is 18.1. The Kier molecular flexibility index (Phi) is 6.61. The van der Waals surface area contributed by atoms with Crippen LogP contribution >= 0.6 is 12.4 Å². The molecule has 1 heterocycles. The van der Waals surface area contributed by atoms with Gasteiger partial charge in [-0.15, -0.1) is 12.4 Å². The molecule has 1 amide bonds. The molecule has 1 atom stereocenters. The van der Waals surface area contributed by atoms with Gasteiger partial charge in [0.1, 0.15) is 0 Å². The topological polar surface area (TPSA) is 72.9 Å². The molecule has 9 heteroatoms. The Hall–Kier alpha value is -2.06. The second-order valence-corrected chi connectivity index (χ2v) is 5.68. The molecule has 2 rings (SSSR count). The zero-order valence-corrected chi connectivity index (χ0v) is 14.8. The minimum atomic E-state index is -4.54. The van der Waals surface area contributed by atoms with Crippen LogP contribution in [0.5, 0.6) is 0 Å². The highest BCUT2D eigenvalue weighted by atomic mass is 35.5. The number of carbonyl (C=O) groups excluding carboxylic acids is 1. The van der Waals surface area contributed by atoms with Crippen molar-refractivity contribution in [3.05, 3.63) is 46.8 Å². The Labute approximate surface area is 149 Å². The lowest BCUT2D eigenvalue weighted by Crippen LogP contribution is -2.38. The van der Waals surface area contributed by atoms with E-state index in [9.17, 15) is 18.0 Å². The third-order valence-corrected chi connectivity index (χ3v) is 3.52. The summed E-state index contributed by atoms with van der Waals surface area (Å²) in [4.78, 5) is 11.5. The summed E-state index contributed by atoms with van der Waals surface area (Å²) in [5.74, 6) is -0.509. The zero-order valence-electron chi connectivity index (χ0n) is 14.0. The second kappa shape index (κ2) is 7.88. The number of benzene rings is 1. The Balaban J connectivity index is 0.00000312. The van der Waals surface area contributed by atoms with E-state index in [-0.39, 0.29) is 24.5 Å². The highest BCUT2D eigenvalue weighted by Crippen LogP contribution is 2.33. The molecule has 2 aromatic rings. The molecule has 0 saturated carbocycles. The molecule has 0 bridgehead atoms. The molecule has 138 valence electrons. The van der Waals surface area contributed by atoms with Crippen molar-refractivity contribution in [3.63, 3.8) is 0 Å². The maximum Gasteiger partial charge on any atom is 0.416 e. The van der Waals surface area contributed by atoms with Crippen LogP contribution in [0.25, 0.3) is 5.69 Å². The number of aromatic nitrogens is 2. The summed E-state index contributed by atoms with van der Waals surface area (Å²) in [6.45, 7) is 4.76. The van der Waals surface area contributed by atoms with E-state index >= 15 is 0 Å². The molecule has 1 aromatic heterocycles. The van der Waals surface area contributed by atoms with Crippen LogP contribution in [0.3, 0.4) is 0 Å². The van der Waals surface area contributed by atoms with Gasteiger partial charge in [-0.25, -0.2) is 4.68 Å². The number of aryl methyl sites for hydroxylation is 2. The molecule has 0 fully saturated rings. The van der Waals surface area contributed by atoms with E-state index in [1.54, 1.807) is 26.0 Å². The normalized spacial score (nSPS) is 12.4. The SMILES string of the molecule is Cc1cc(C)n(-c2ccc(CNC(=O)[C@@H](C)N)c(C(F)(F)F)c2)n1.Cl. The van der Waals surface area contributed by atoms with Crippen molar-refractivity contribution in [1.82, 2.24) is 15.1 Å². The number of nitrogens with one attached hydrogen (secondary N) is 1. The average molecular weight is 377 g/mol. The van der Waals surface area contributed by atoms with E-state index in [1.165, 1.54) is 17.7 Å². The first-order valence-electron chi connectivity index (χ1n) is 7.36. The third-order valence-electron chi connectivity index (χ3n) is 3.52. The standard InChI is InChI=1S/C16H19F3N4O.ClH/c1-9-6-10(2)23(22-9)13-5-4-12(8-21-15(24)11(3)20)14(7-13)16(17,18)19;/h4-7,11H,8,20H2,1-3H3,(H,21,24);1H/t11-;/m1./s1. The van der Waals surface area contributed by atoms with Crippen molar-refractivity contribution in [2.45, 2.75) is 39.5 Å². The monoisotopic (exact) mass is 376 g/mol. The first-order valence-corrected chi connectivity index (χ1v) is 7.36. The minimum Gasteiger partial charge on any atom is -0.351 e. The van der Waals surface area contributed by atoms with Gasteiger partial charge in [0.15, 0.2) is 0 Å². The van der Waals surface area contributed by atoms with Crippen LogP contribution in [0.4, 0.5) is 13.2 Å². The van der Waals surface area contributed by atoms with Gasteiger partial charge >= 0.3 is 6.18 Å². The summed E-state index contributed by atoms with van der Waals surface area (Å²) in [7, 11) is 0. The summed E-state index contributed by atoms with van der Waals surface area (Å²) in [5, 5.41) is 6.59. The van der Waals surface area contributed by atoms with Gasteiger partial charge in [-0.1, -0.05) is 6.07 Å². The van der Waals surface area contributed by atoms with Crippen molar-refractivity contribution in [2.75, 3.05) is 0 Å². The molecule has 5 nitrogen and oxygen atoms in total. The quantitative estimate of drug-likeness (QED) is 0.861. The van der Waals surface area contributed by atoms with Crippen LogP contribution in [-0.2, 0) is 17.5 Å². The van der Waals surface area contributed by atoms with Crippen molar-refractivity contribution in [1.29, 1.82) is 0 Å². The summed E-state index contributed by atoms with van der Waals surface area (Å²) < 4.78 is 41.6. The molecular weight excluding hydrogens is 357 g/mol. The fourth-order valence-corrected chi connectivity index (χ4v) is 2.35. The van der Waals surface area contributed by atoms with Crippen molar-refractivity contribution in [2.24, 2.45) is 5.73 Å². The molecule has 0 aliphatic heterocycles. The number of nitrogens with two attached hydrogens (primary N) is 1. The van der Waals surface area contributed by atoms with E-state index in [1.807, 2.05) is 0 Å². The Bertz CT molecular complexity index is 756. The molecule has 25 heavy (non-hydrogen) atoms. The van der Waals surface area contributed by atoms with E-state index in [2.05, 4.69) is 10.4 Å². The minimum absolute atomic E-state index is 0. The lowest BCUT2D eigenvalue weighted by atomic mass is 10.1. The molecule has 0 radical (unpaired) electrons. The van der Waals surface area contributed by atoms with E-state index < -0.39 is 23.7 Å². The molecule has 0 unspecified atom stereocenters. The van der Waals surface area contributed by atoms with Crippen molar-refractivity contribution < 1.29 is 18.0 Å². The van der Waals surface area contributed by atoms with Gasteiger partial charge < -0.3 is 11.1 Å². The van der Waals surface area contributed by atoms with E-state index in [4.69, 9.17) is 5.73 Å². The number of carbonyl (C=O) groups is 1. The Morgan fingerprint density at radius 1 is 1.32 bits per heavy atom. The lowest BCUT2D eigenvalue weighted by Gasteiger charge is -2.16. The smallest absolute Gasteiger partial charge is 0.351 e. The number of amides is 1.